The van der Waals surface area contributed by atoms with E-state index in [1.165, 1.54) is 0 Å². The van der Waals surface area contributed by atoms with E-state index in [1.807, 2.05) is 30.3 Å². The van der Waals surface area contributed by atoms with Gasteiger partial charge in [-0.25, -0.2) is 4.79 Å². The first-order chi connectivity index (χ1) is 8.68. The molecule has 18 heavy (non-hydrogen) atoms. The van der Waals surface area contributed by atoms with Gasteiger partial charge in [0, 0.05) is 5.56 Å². The molecule has 0 aliphatic carbocycles. The number of nitrogens with two attached hydrogens (primary N) is 2. The monoisotopic (exact) mass is 242 g/mol. The fraction of sp³-hybridized carbons (Fsp3) is 0.0714. The molecule has 0 spiro atoms. The van der Waals surface area contributed by atoms with Crippen LogP contribution in [0.15, 0.2) is 48.5 Å². The van der Waals surface area contributed by atoms with E-state index in [9.17, 15) is 4.79 Å². The van der Waals surface area contributed by atoms with Gasteiger partial charge in [-0.1, -0.05) is 30.3 Å². The first kappa shape index (κ1) is 12.0. The van der Waals surface area contributed by atoms with Crippen molar-refractivity contribution in [1.29, 1.82) is 0 Å². The molecular weight excluding hydrogens is 228 g/mol. The highest BCUT2D eigenvalue weighted by Crippen LogP contribution is 2.18. The fourth-order valence-corrected chi connectivity index (χ4v) is 1.58. The molecular formula is C14H14N2O2. The van der Waals surface area contributed by atoms with Crippen LogP contribution in [0.1, 0.15) is 15.9 Å². The quantitative estimate of drug-likeness (QED) is 0.548. The van der Waals surface area contributed by atoms with Crippen LogP contribution >= 0.6 is 0 Å². The molecule has 0 amide bonds. The second kappa shape index (κ2) is 5.23. The van der Waals surface area contributed by atoms with Crippen molar-refractivity contribution in [3.05, 3.63) is 59.7 Å². The second-order valence-electron chi connectivity index (χ2n) is 3.86. The lowest BCUT2D eigenvalue weighted by Gasteiger charge is -1.94. The van der Waals surface area contributed by atoms with Crippen LogP contribution in [0.3, 0.4) is 0 Å². The summed E-state index contributed by atoms with van der Waals surface area (Å²) < 4.78 is 4.78. The van der Waals surface area contributed by atoms with Gasteiger partial charge >= 0.3 is 5.97 Å². The van der Waals surface area contributed by atoms with E-state index in [1.54, 1.807) is 18.2 Å². The molecule has 2 aromatic carbocycles. The Balaban J connectivity index is 0.000000138. The third kappa shape index (κ3) is 2.60. The molecule has 0 atom stereocenters. The summed E-state index contributed by atoms with van der Waals surface area (Å²) >= 11 is 0. The zero-order valence-electron chi connectivity index (χ0n) is 9.80. The van der Waals surface area contributed by atoms with Crippen molar-refractivity contribution >= 4 is 17.3 Å². The Bertz CT molecular complexity index is 546. The molecule has 0 aromatic heterocycles. The van der Waals surface area contributed by atoms with E-state index < -0.39 is 0 Å². The Morgan fingerprint density at radius 3 is 2.00 bits per heavy atom. The maximum Gasteiger partial charge on any atom is 0.338 e. The van der Waals surface area contributed by atoms with Gasteiger partial charge in [0.2, 0.25) is 0 Å². The van der Waals surface area contributed by atoms with E-state index in [2.05, 4.69) is 0 Å². The van der Waals surface area contributed by atoms with Gasteiger partial charge in [0.05, 0.1) is 16.9 Å². The number of para-hydroxylation sites is 2. The average Bonchev–Trinajstić information content (AvgIpc) is 2.77. The molecule has 3 rings (SSSR count). The molecule has 0 bridgehead atoms. The van der Waals surface area contributed by atoms with Gasteiger partial charge in [-0.3, -0.25) is 0 Å². The molecule has 2 aromatic rings. The van der Waals surface area contributed by atoms with Gasteiger partial charge < -0.3 is 16.2 Å². The Morgan fingerprint density at radius 1 is 0.889 bits per heavy atom. The highest BCUT2D eigenvalue weighted by molar-refractivity contribution is 5.93. The van der Waals surface area contributed by atoms with Crippen LogP contribution in [0.5, 0.6) is 0 Å². The molecule has 0 unspecified atom stereocenters. The number of rotatable bonds is 0. The largest absolute Gasteiger partial charge is 0.457 e. The Labute approximate surface area is 105 Å². The van der Waals surface area contributed by atoms with Gasteiger partial charge in [-0.2, -0.15) is 0 Å². The molecule has 92 valence electrons. The molecule has 1 heterocycles. The number of fused-ring (bicyclic) bond motifs is 1. The molecule has 0 radical (unpaired) electrons. The van der Waals surface area contributed by atoms with Crippen LogP contribution in [0, 0.1) is 0 Å². The van der Waals surface area contributed by atoms with Crippen molar-refractivity contribution < 1.29 is 9.53 Å². The highest BCUT2D eigenvalue weighted by Gasteiger charge is 2.18. The number of nitrogen functional groups attached to an aromatic ring is 2. The summed E-state index contributed by atoms with van der Waals surface area (Å²) in [4.78, 5) is 10.8. The van der Waals surface area contributed by atoms with Crippen LogP contribution in [-0.2, 0) is 11.3 Å². The van der Waals surface area contributed by atoms with Crippen molar-refractivity contribution in [2.75, 3.05) is 11.5 Å². The summed E-state index contributed by atoms with van der Waals surface area (Å²) in [6.45, 7) is 0.439. The number of hydrogen-bond acceptors (Lipinski definition) is 4. The summed E-state index contributed by atoms with van der Waals surface area (Å²) in [6, 6.07) is 14.7. The van der Waals surface area contributed by atoms with Crippen molar-refractivity contribution in [2.45, 2.75) is 6.61 Å². The fourth-order valence-electron chi connectivity index (χ4n) is 1.58. The minimum absolute atomic E-state index is 0.199. The first-order valence-electron chi connectivity index (χ1n) is 5.53. The van der Waals surface area contributed by atoms with Crippen LogP contribution in [0.2, 0.25) is 0 Å². The normalized spacial score (nSPS) is 12.1. The van der Waals surface area contributed by atoms with Crippen LogP contribution in [0.25, 0.3) is 0 Å². The number of carbonyl (C=O) groups is 1. The van der Waals surface area contributed by atoms with Crippen LogP contribution in [-0.4, -0.2) is 5.97 Å². The van der Waals surface area contributed by atoms with Crippen molar-refractivity contribution in [3.8, 4) is 0 Å². The standard InChI is InChI=1S/C8H6O2.C6H8N2/c9-8-7-4-2-1-3-6(7)5-10-8;7-5-3-1-2-4-6(5)8/h1-4H,5H2;1-4H,7-8H2. The first-order valence-corrected chi connectivity index (χ1v) is 5.53. The number of ether oxygens (including phenoxy) is 1. The number of benzene rings is 2. The Morgan fingerprint density at radius 2 is 1.44 bits per heavy atom. The van der Waals surface area contributed by atoms with E-state index in [0.29, 0.717) is 23.5 Å². The molecule has 0 fully saturated rings. The molecule has 1 aliphatic heterocycles. The van der Waals surface area contributed by atoms with Gasteiger partial charge in [0.1, 0.15) is 6.61 Å². The third-order valence-electron chi connectivity index (χ3n) is 2.59. The van der Waals surface area contributed by atoms with Crippen molar-refractivity contribution in [2.24, 2.45) is 0 Å². The van der Waals surface area contributed by atoms with Crippen molar-refractivity contribution in [3.63, 3.8) is 0 Å². The summed E-state index contributed by atoms with van der Waals surface area (Å²) in [5, 5.41) is 0. The Hall–Kier alpha value is -2.49. The molecule has 4 N–H and O–H groups in total. The van der Waals surface area contributed by atoms with Gasteiger partial charge in [-0.15, -0.1) is 0 Å². The second-order valence-corrected chi connectivity index (χ2v) is 3.86. The lowest BCUT2D eigenvalue weighted by atomic mass is 10.1. The number of esters is 1. The Kier molecular flexibility index (Phi) is 3.48. The third-order valence-corrected chi connectivity index (χ3v) is 2.59. The van der Waals surface area contributed by atoms with Gasteiger partial charge in [0.25, 0.3) is 0 Å². The van der Waals surface area contributed by atoms with E-state index >= 15 is 0 Å². The summed E-state index contributed by atoms with van der Waals surface area (Å²) in [5.74, 6) is -0.199. The zero-order chi connectivity index (χ0) is 13.0. The minimum Gasteiger partial charge on any atom is -0.457 e. The van der Waals surface area contributed by atoms with Crippen molar-refractivity contribution in [1.82, 2.24) is 0 Å². The van der Waals surface area contributed by atoms with Gasteiger partial charge in [0.15, 0.2) is 0 Å². The van der Waals surface area contributed by atoms with E-state index in [0.717, 1.165) is 5.56 Å². The van der Waals surface area contributed by atoms with Crippen LogP contribution < -0.4 is 11.5 Å². The molecule has 1 aliphatic rings. The lowest BCUT2D eigenvalue weighted by molar-refractivity contribution is 0.0535. The average molecular weight is 242 g/mol. The smallest absolute Gasteiger partial charge is 0.338 e. The number of hydrogen-bond donors (Lipinski definition) is 2. The summed E-state index contributed by atoms with van der Waals surface area (Å²) in [7, 11) is 0. The number of carbonyl (C=O) groups excluding carboxylic acids is 1. The van der Waals surface area contributed by atoms with E-state index in [-0.39, 0.29) is 5.97 Å². The topological polar surface area (TPSA) is 78.3 Å². The maximum absolute atomic E-state index is 10.8. The summed E-state index contributed by atoms with van der Waals surface area (Å²) in [6.07, 6.45) is 0. The van der Waals surface area contributed by atoms with E-state index in [4.69, 9.17) is 16.2 Å². The van der Waals surface area contributed by atoms with Crippen LogP contribution in [0.4, 0.5) is 11.4 Å². The lowest BCUT2D eigenvalue weighted by Crippen LogP contribution is -1.91. The number of anilines is 2. The zero-order valence-corrected chi connectivity index (χ0v) is 9.80. The summed E-state index contributed by atoms with van der Waals surface area (Å²) in [5.41, 5.74) is 13.8. The molecule has 4 nitrogen and oxygen atoms in total. The molecule has 0 saturated carbocycles. The maximum atomic E-state index is 10.8. The molecule has 0 saturated heterocycles. The van der Waals surface area contributed by atoms with Gasteiger partial charge in [-0.05, 0) is 18.2 Å². The minimum atomic E-state index is -0.199. The predicted octanol–water partition coefficient (Wildman–Crippen LogP) is 2.21. The number of cyclic esters (lactones) is 1. The highest BCUT2D eigenvalue weighted by atomic mass is 16.5. The predicted molar refractivity (Wildman–Crippen MR) is 70.8 cm³/mol. The molecule has 4 heteroatoms. The SMILES string of the molecule is Nc1ccccc1N.O=C1OCc2ccccc21.